The molecule has 0 aromatic heterocycles. The summed E-state index contributed by atoms with van der Waals surface area (Å²) in [6.45, 7) is 13.6. The number of nitrogens with one attached hydrogen (secondary N) is 1. The number of carbonyl (C=O) groups excluding carboxylic acids is 1. The minimum absolute atomic E-state index is 0.0465. The summed E-state index contributed by atoms with van der Waals surface area (Å²) in [4.78, 5) is 33.1. The fraction of sp³-hybridized carbons (Fsp3) is 0.394. The van der Waals surface area contributed by atoms with E-state index >= 15 is 0 Å². The van der Waals surface area contributed by atoms with E-state index in [1.807, 2.05) is 58.1 Å². The van der Waals surface area contributed by atoms with Crippen LogP contribution in [0.2, 0.25) is 5.02 Å². The maximum atomic E-state index is 12.7. The monoisotopic (exact) mass is 565 g/mol. The first-order chi connectivity index (χ1) is 19.2. The molecule has 1 amide bonds. The third-order valence-electron chi connectivity index (χ3n) is 6.06. The molecular weight excluding hydrogens is 522 g/mol. The zero-order valence-electron chi connectivity index (χ0n) is 24.5. The lowest BCUT2D eigenvalue weighted by molar-refractivity contribution is -0.137. The van der Waals surface area contributed by atoms with E-state index in [1.54, 1.807) is 24.4 Å². The second-order valence-electron chi connectivity index (χ2n) is 9.25. The summed E-state index contributed by atoms with van der Waals surface area (Å²) in [7, 11) is 0. The number of aliphatic carboxylic acids is 1. The molecule has 1 aromatic carbocycles. The van der Waals surface area contributed by atoms with Crippen LogP contribution in [-0.2, 0) is 9.59 Å². The molecule has 1 aromatic rings. The second kappa shape index (κ2) is 19.5. The van der Waals surface area contributed by atoms with Gasteiger partial charge in [-0.2, -0.15) is 0 Å². The molecule has 1 unspecified atom stereocenters. The van der Waals surface area contributed by atoms with Crippen LogP contribution in [0.1, 0.15) is 85.1 Å². The fourth-order valence-electron chi connectivity index (χ4n) is 4.16. The molecule has 7 heteroatoms. The Kier molecular flexibility index (Phi) is 16.9. The molecule has 0 fully saturated rings. The van der Waals surface area contributed by atoms with Gasteiger partial charge in [-0.05, 0) is 70.6 Å². The highest BCUT2D eigenvalue weighted by molar-refractivity contribution is 6.48. The number of halogens is 1. The molecule has 0 aliphatic heterocycles. The highest BCUT2D eigenvalue weighted by Gasteiger charge is 2.21. The third kappa shape index (κ3) is 13.0. The van der Waals surface area contributed by atoms with Gasteiger partial charge in [-0.1, -0.05) is 80.1 Å². The van der Waals surface area contributed by atoms with Crippen LogP contribution in [0.5, 0.6) is 0 Å². The smallest absolute Gasteiger partial charge is 0.303 e. The number of carbonyl (C=O) groups is 2. The van der Waals surface area contributed by atoms with Crippen LogP contribution in [0.15, 0.2) is 94.3 Å². The Morgan fingerprint density at radius 2 is 1.82 bits per heavy atom. The molecule has 0 radical (unpaired) electrons. The number of amides is 1. The lowest BCUT2D eigenvalue weighted by atomic mass is 10.0. The Labute approximate surface area is 245 Å². The molecule has 0 saturated carbocycles. The van der Waals surface area contributed by atoms with Gasteiger partial charge in [0.25, 0.3) is 0 Å². The van der Waals surface area contributed by atoms with Crippen molar-refractivity contribution in [2.75, 3.05) is 0 Å². The van der Waals surface area contributed by atoms with E-state index in [0.29, 0.717) is 35.7 Å². The fourth-order valence-corrected chi connectivity index (χ4v) is 4.29. The quantitative estimate of drug-likeness (QED) is 0.135. The van der Waals surface area contributed by atoms with Crippen LogP contribution < -0.4 is 5.32 Å². The van der Waals surface area contributed by atoms with Gasteiger partial charge in [-0.15, -0.1) is 0 Å². The van der Waals surface area contributed by atoms with E-state index in [0.717, 1.165) is 24.1 Å². The Morgan fingerprint density at radius 3 is 2.45 bits per heavy atom. The van der Waals surface area contributed by atoms with Gasteiger partial charge in [-0.3, -0.25) is 19.6 Å². The van der Waals surface area contributed by atoms with Crippen LogP contribution >= 0.6 is 11.6 Å². The van der Waals surface area contributed by atoms with Gasteiger partial charge in [0.15, 0.2) is 0 Å². The van der Waals surface area contributed by atoms with Crippen molar-refractivity contribution >= 4 is 34.9 Å². The Balaban J connectivity index is 0.00000391. The lowest BCUT2D eigenvalue weighted by Gasteiger charge is -2.13. The number of rotatable bonds is 14. The van der Waals surface area contributed by atoms with Crippen molar-refractivity contribution in [1.82, 2.24) is 5.32 Å². The first kappa shape index (κ1) is 34.5. The van der Waals surface area contributed by atoms with Crippen molar-refractivity contribution in [3.05, 3.63) is 94.9 Å². The van der Waals surface area contributed by atoms with Gasteiger partial charge >= 0.3 is 5.97 Å². The van der Waals surface area contributed by atoms with Crippen molar-refractivity contribution in [2.45, 2.75) is 85.6 Å². The van der Waals surface area contributed by atoms with E-state index < -0.39 is 5.97 Å². The number of nitrogens with zero attached hydrogens (tertiary/aromatic N) is 2. The van der Waals surface area contributed by atoms with Crippen molar-refractivity contribution in [1.29, 1.82) is 0 Å². The van der Waals surface area contributed by atoms with Crippen molar-refractivity contribution in [3.8, 4) is 0 Å². The highest BCUT2D eigenvalue weighted by atomic mass is 35.5. The average molecular weight is 566 g/mol. The SMILES string of the molecule is C=C/C=C\C1=C(C)CC(NC(=O)C/C=C(\C)N=C(CCCCC(=O)O)C(=N/C=C/C)c2ccc(Cl)cc2)C1.CC. The van der Waals surface area contributed by atoms with Gasteiger partial charge in [-0.25, -0.2) is 0 Å². The van der Waals surface area contributed by atoms with E-state index in [-0.39, 0.29) is 24.8 Å². The summed E-state index contributed by atoms with van der Waals surface area (Å²) in [5.41, 5.74) is 5.52. The van der Waals surface area contributed by atoms with Crippen molar-refractivity contribution in [3.63, 3.8) is 0 Å². The average Bonchev–Trinajstić information content (AvgIpc) is 3.28. The molecule has 0 saturated heterocycles. The first-order valence-corrected chi connectivity index (χ1v) is 14.3. The Morgan fingerprint density at radius 1 is 1.15 bits per heavy atom. The minimum atomic E-state index is -0.817. The van der Waals surface area contributed by atoms with Crippen molar-refractivity contribution < 1.29 is 14.7 Å². The number of carboxylic acid groups (broad SMARTS) is 1. The number of allylic oxidation sites excluding steroid dienone is 5. The zero-order chi connectivity index (χ0) is 29.9. The van der Waals surface area contributed by atoms with E-state index in [2.05, 4.69) is 29.9 Å². The summed E-state index contributed by atoms with van der Waals surface area (Å²) in [5, 5.41) is 12.8. The van der Waals surface area contributed by atoms with Gasteiger partial charge in [0.1, 0.15) is 0 Å². The standard InChI is InChI=1S/C31H38ClN3O3.C2H6/c1-5-7-10-25-21-27(20-22(25)3)35-29(36)18-13-23(4)34-28(11-8-9-12-30(37)38)31(33-19-6-2)24-14-16-26(32)17-15-24;1-2/h5-7,10,13-17,19,27H,1,8-9,11-12,18,20-21H2,2-4H3,(H,35,36)(H,37,38);1-2H3/b10-7-,19-6+,23-13+,33-31?,34-28?;. The molecule has 0 heterocycles. The van der Waals surface area contributed by atoms with E-state index in [1.165, 1.54) is 11.1 Å². The second-order valence-corrected chi connectivity index (χ2v) is 9.69. The summed E-state index contributed by atoms with van der Waals surface area (Å²) in [6, 6.07) is 7.48. The molecule has 1 aliphatic rings. The molecular formula is C33H44ClN3O3. The summed E-state index contributed by atoms with van der Waals surface area (Å²) in [6.07, 6.45) is 14.8. The van der Waals surface area contributed by atoms with Gasteiger partial charge < -0.3 is 10.4 Å². The maximum absolute atomic E-state index is 12.7. The number of hydrogen-bond donors (Lipinski definition) is 2. The molecule has 2 N–H and O–H groups in total. The number of hydrogen-bond acceptors (Lipinski definition) is 4. The Bertz CT molecular complexity index is 1170. The van der Waals surface area contributed by atoms with Crippen LogP contribution in [0.4, 0.5) is 0 Å². The molecule has 40 heavy (non-hydrogen) atoms. The van der Waals surface area contributed by atoms with Gasteiger partial charge in [0.05, 0.1) is 11.4 Å². The molecule has 1 atom stereocenters. The molecule has 0 bridgehead atoms. The third-order valence-corrected chi connectivity index (χ3v) is 6.31. The van der Waals surface area contributed by atoms with E-state index in [9.17, 15) is 9.59 Å². The summed E-state index contributed by atoms with van der Waals surface area (Å²) in [5.74, 6) is -0.864. The minimum Gasteiger partial charge on any atom is -0.481 e. The number of carboxylic acids is 1. The molecule has 2 rings (SSSR count). The largest absolute Gasteiger partial charge is 0.481 e. The van der Waals surface area contributed by atoms with Crippen LogP contribution in [0.3, 0.4) is 0 Å². The Hall–Kier alpha value is -3.51. The van der Waals surface area contributed by atoms with E-state index in [4.69, 9.17) is 21.7 Å². The van der Waals surface area contributed by atoms with Crippen LogP contribution in [0, 0.1) is 0 Å². The number of benzene rings is 1. The topological polar surface area (TPSA) is 91.1 Å². The van der Waals surface area contributed by atoms with Crippen molar-refractivity contribution in [2.24, 2.45) is 9.98 Å². The maximum Gasteiger partial charge on any atom is 0.303 e. The predicted octanol–water partition coefficient (Wildman–Crippen LogP) is 8.41. The van der Waals surface area contributed by atoms with Crippen LogP contribution in [-0.4, -0.2) is 34.4 Å². The highest BCUT2D eigenvalue weighted by Crippen LogP contribution is 2.27. The normalized spacial score (nSPS) is 16.4. The first-order valence-electron chi connectivity index (χ1n) is 13.9. The number of aliphatic imine (C=N–C) groups is 2. The van der Waals surface area contributed by atoms with Crippen LogP contribution in [0.25, 0.3) is 0 Å². The zero-order valence-corrected chi connectivity index (χ0v) is 25.3. The van der Waals surface area contributed by atoms with Gasteiger partial charge in [0.2, 0.25) is 5.91 Å². The molecule has 1 aliphatic carbocycles. The number of unbranched alkanes of at least 4 members (excludes halogenated alkanes) is 1. The summed E-state index contributed by atoms with van der Waals surface area (Å²) >= 11 is 6.09. The predicted molar refractivity (Wildman–Crippen MR) is 169 cm³/mol. The molecule has 216 valence electrons. The van der Waals surface area contributed by atoms with Gasteiger partial charge in [0, 0.05) is 41.4 Å². The molecule has 0 spiro atoms. The molecule has 6 nitrogen and oxygen atoms in total. The summed E-state index contributed by atoms with van der Waals surface area (Å²) < 4.78 is 0. The lowest BCUT2D eigenvalue weighted by Crippen LogP contribution is -2.32.